The van der Waals surface area contributed by atoms with Crippen LogP contribution in [0.15, 0.2) is 18.2 Å². The largest absolute Gasteiger partial charge is 0.480 e. The van der Waals surface area contributed by atoms with Crippen LogP contribution in [0.2, 0.25) is 10.0 Å². The maximum absolute atomic E-state index is 11.9. The Hall–Kier alpha value is -1.26. The van der Waals surface area contributed by atoms with Crippen molar-refractivity contribution in [1.29, 1.82) is 0 Å². The van der Waals surface area contributed by atoms with Crippen LogP contribution in [0, 0.1) is 5.41 Å². The molecule has 0 spiro atoms. The zero-order valence-corrected chi connectivity index (χ0v) is 13.0. The standard InChI is InChI=1S/C14H17Cl2NO3/c1-14(2,3)12(13(19)20)17-11(18)7-8-4-5-9(15)10(16)6-8/h4-6,12H,7H2,1-3H3,(H,17,18)(H,19,20)/t12-/m1/s1. The molecule has 1 atom stereocenters. The Labute approximate surface area is 128 Å². The predicted molar refractivity (Wildman–Crippen MR) is 79.2 cm³/mol. The molecule has 4 nitrogen and oxygen atoms in total. The van der Waals surface area contributed by atoms with Crippen molar-refractivity contribution in [2.24, 2.45) is 5.41 Å². The smallest absolute Gasteiger partial charge is 0.326 e. The quantitative estimate of drug-likeness (QED) is 0.896. The lowest BCUT2D eigenvalue weighted by Gasteiger charge is -2.27. The number of amides is 1. The van der Waals surface area contributed by atoms with E-state index in [-0.39, 0.29) is 12.3 Å². The number of aliphatic carboxylic acids is 1. The van der Waals surface area contributed by atoms with Crippen LogP contribution in [0.25, 0.3) is 0 Å². The molecule has 6 heteroatoms. The third-order valence-electron chi connectivity index (χ3n) is 2.77. The van der Waals surface area contributed by atoms with Gasteiger partial charge in [0.05, 0.1) is 16.5 Å². The third-order valence-corrected chi connectivity index (χ3v) is 3.51. The summed E-state index contributed by atoms with van der Waals surface area (Å²) in [5.41, 5.74) is 0.106. The van der Waals surface area contributed by atoms with Crippen LogP contribution < -0.4 is 5.32 Å². The molecular formula is C14H17Cl2NO3. The Morgan fingerprint density at radius 3 is 2.30 bits per heavy atom. The summed E-state index contributed by atoms with van der Waals surface area (Å²) in [4.78, 5) is 23.1. The van der Waals surface area contributed by atoms with Gasteiger partial charge in [0.25, 0.3) is 0 Å². The van der Waals surface area contributed by atoms with Gasteiger partial charge in [0.2, 0.25) is 5.91 Å². The lowest BCUT2D eigenvalue weighted by molar-refractivity contribution is -0.144. The van der Waals surface area contributed by atoms with E-state index in [2.05, 4.69) is 5.32 Å². The summed E-state index contributed by atoms with van der Waals surface area (Å²) in [5, 5.41) is 12.5. The van der Waals surface area contributed by atoms with Gasteiger partial charge >= 0.3 is 5.97 Å². The molecule has 1 aromatic carbocycles. The van der Waals surface area contributed by atoms with Crippen LogP contribution in [0.3, 0.4) is 0 Å². The van der Waals surface area contributed by atoms with Crippen LogP contribution in [0.1, 0.15) is 26.3 Å². The van der Waals surface area contributed by atoms with Crippen molar-refractivity contribution in [2.45, 2.75) is 33.2 Å². The first-order valence-electron chi connectivity index (χ1n) is 6.07. The maximum atomic E-state index is 11.9. The molecule has 0 saturated heterocycles. The van der Waals surface area contributed by atoms with E-state index in [9.17, 15) is 9.59 Å². The zero-order valence-electron chi connectivity index (χ0n) is 11.5. The fourth-order valence-electron chi connectivity index (χ4n) is 1.70. The molecule has 0 unspecified atom stereocenters. The highest BCUT2D eigenvalue weighted by Gasteiger charge is 2.32. The van der Waals surface area contributed by atoms with Crippen molar-refractivity contribution >= 4 is 35.1 Å². The first-order chi connectivity index (χ1) is 9.11. The lowest BCUT2D eigenvalue weighted by Crippen LogP contribution is -2.49. The summed E-state index contributed by atoms with van der Waals surface area (Å²) in [6.45, 7) is 5.27. The minimum Gasteiger partial charge on any atom is -0.480 e. The van der Waals surface area contributed by atoms with Crippen molar-refractivity contribution in [1.82, 2.24) is 5.32 Å². The normalized spacial score (nSPS) is 12.8. The summed E-state index contributed by atoms with van der Waals surface area (Å²) >= 11 is 11.7. The van der Waals surface area contributed by atoms with Gasteiger partial charge in [0.15, 0.2) is 0 Å². The molecular weight excluding hydrogens is 301 g/mol. The second-order valence-electron chi connectivity index (χ2n) is 5.63. The van der Waals surface area contributed by atoms with Crippen LogP contribution in [-0.4, -0.2) is 23.0 Å². The molecule has 0 aliphatic rings. The van der Waals surface area contributed by atoms with Gasteiger partial charge in [-0.25, -0.2) is 4.79 Å². The van der Waals surface area contributed by atoms with Gasteiger partial charge in [-0.15, -0.1) is 0 Å². The van der Waals surface area contributed by atoms with E-state index >= 15 is 0 Å². The second-order valence-corrected chi connectivity index (χ2v) is 6.44. The molecule has 0 aliphatic carbocycles. The Balaban J connectivity index is 2.76. The number of carbonyl (C=O) groups is 2. The molecule has 20 heavy (non-hydrogen) atoms. The Kier molecular flexibility index (Phi) is 5.42. The number of carbonyl (C=O) groups excluding carboxylic acids is 1. The van der Waals surface area contributed by atoms with Gasteiger partial charge in [-0.1, -0.05) is 50.0 Å². The summed E-state index contributed by atoms with van der Waals surface area (Å²) in [6, 6.07) is 3.93. The van der Waals surface area contributed by atoms with Crippen LogP contribution in [-0.2, 0) is 16.0 Å². The van der Waals surface area contributed by atoms with Gasteiger partial charge in [0.1, 0.15) is 6.04 Å². The molecule has 1 amide bonds. The van der Waals surface area contributed by atoms with E-state index in [1.807, 2.05) is 0 Å². The van der Waals surface area contributed by atoms with Gasteiger partial charge in [-0.05, 0) is 23.1 Å². The van der Waals surface area contributed by atoms with Gasteiger partial charge in [-0.3, -0.25) is 4.79 Å². The minimum atomic E-state index is -1.06. The molecule has 0 aliphatic heterocycles. The number of halogens is 2. The van der Waals surface area contributed by atoms with E-state index in [0.717, 1.165) is 0 Å². The van der Waals surface area contributed by atoms with E-state index in [0.29, 0.717) is 15.6 Å². The van der Waals surface area contributed by atoms with Crippen LogP contribution in [0.5, 0.6) is 0 Å². The number of carboxylic acids is 1. The summed E-state index contributed by atoms with van der Waals surface area (Å²) in [5.74, 6) is -1.43. The summed E-state index contributed by atoms with van der Waals surface area (Å²) in [6.07, 6.45) is 0.0523. The number of benzene rings is 1. The predicted octanol–water partition coefficient (Wildman–Crippen LogP) is 3.15. The first kappa shape index (κ1) is 16.8. The average molecular weight is 318 g/mol. The SMILES string of the molecule is CC(C)(C)[C@H](NC(=O)Cc1ccc(Cl)c(Cl)c1)C(=O)O. The maximum Gasteiger partial charge on any atom is 0.326 e. The molecule has 0 aromatic heterocycles. The third kappa shape index (κ3) is 4.69. The fourth-order valence-corrected chi connectivity index (χ4v) is 2.02. The molecule has 0 heterocycles. The van der Waals surface area contributed by atoms with Crippen molar-refractivity contribution in [3.05, 3.63) is 33.8 Å². The van der Waals surface area contributed by atoms with Gasteiger partial charge in [0, 0.05) is 0 Å². The molecule has 1 aromatic rings. The van der Waals surface area contributed by atoms with Crippen molar-refractivity contribution < 1.29 is 14.7 Å². The highest BCUT2D eigenvalue weighted by molar-refractivity contribution is 6.42. The zero-order chi connectivity index (χ0) is 15.5. The molecule has 2 N–H and O–H groups in total. The van der Waals surface area contributed by atoms with Crippen molar-refractivity contribution in [3.63, 3.8) is 0 Å². The highest BCUT2D eigenvalue weighted by Crippen LogP contribution is 2.23. The minimum absolute atomic E-state index is 0.0523. The van der Waals surface area contributed by atoms with E-state index in [1.54, 1.807) is 39.0 Å². The number of hydrogen-bond donors (Lipinski definition) is 2. The van der Waals surface area contributed by atoms with Crippen molar-refractivity contribution in [2.75, 3.05) is 0 Å². The first-order valence-corrected chi connectivity index (χ1v) is 6.83. The number of hydrogen-bond acceptors (Lipinski definition) is 2. The Morgan fingerprint density at radius 2 is 1.85 bits per heavy atom. The molecule has 1 rings (SSSR count). The lowest BCUT2D eigenvalue weighted by atomic mass is 9.86. The van der Waals surface area contributed by atoms with Gasteiger partial charge in [-0.2, -0.15) is 0 Å². The number of nitrogens with one attached hydrogen (secondary N) is 1. The van der Waals surface area contributed by atoms with Crippen LogP contribution >= 0.6 is 23.2 Å². The highest BCUT2D eigenvalue weighted by atomic mass is 35.5. The topological polar surface area (TPSA) is 66.4 Å². The van der Waals surface area contributed by atoms with E-state index in [4.69, 9.17) is 28.3 Å². The van der Waals surface area contributed by atoms with Crippen LogP contribution in [0.4, 0.5) is 0 Å². The number of carboxylic acid groups (broad SMARTS) is 1. The molecule has 0 radical (unpaired) electrons. The second kappa shape index (κ2) is 6.46. The molecule has 0 bridgehead atoms. The summed E-state index contributed by atoms with van der Waals surface area (Å²) < 4.78 is 0. The van der Waals surface area contributed by atoms with Crippen molar-refractivity contribution in [3.8, 4) is 0 Å². The summed E-state index contributed by atoms with van der Waals surface area (Å²) in [7, 11) is 0. The molecule has 0 fully saturated rings. The monoisotopic (exact) mass is 317 g/mol. The van der Waals surface area contributed by atoms with E-state index in [1.165, 1.54) is 0 Å². The fraction of sp³-hybridized carbons (Fsp3) is 0.429. The Bertz CT molecular complexity index is 524. The number of rotatable bonds is 4. The Morgan fingerprint density at radius 1 is 1.25 bits per heavy atom. The molecule has 0 saturated carbocycles. The van der Waals surface area contributed by atoms with E-state index < -0.39 is 17.4 Å². The van der Waals surface area contributed by atoms with Gasteiger partial charge < -0.3 is 10.4 Å². The molecule has 110 valence electrons. The average Bonchev–Trinajstić information content (AvgIpc) is 2.29.